The highest BCUT2D eigenvalue weighted by Gasteiger charge is 2.11. The highest BCUT2D eigenvalue weighted by atomic mass is 16.1. The summed E-state index contributed by atoms with van der Waals surface area (Å²) in [6, 6.07) is 19.3. The molecule has 2 N–H and O–H groups in total. The summed E-state index contributed by atoms with van der Waals surface area (Å²) >= 11 is 0. The fourth-order valence-electron chi connectivity index (χ4n) is 2.61. The summed E-state index contributed by atoms with van der Waals surface area (Å²) in [6.07, 6.45) is 1.58. The van der Waals surface area contributed by atoms with Crippen molar-refractivity contribution in [1.82, 2.24) is 9.97 Å². The Balaban J connectivity index is 1.68. The second-order valence-corrected chi connectivity index (χ2v) is 6.44. The molecule has 1 atom stereocenters. The third-order valence-corrected chi connectivity index (χ3v) is 4.17. The molecule has 0 spiro atoms. The van der Waals surface area contributed by atoms with Crippen LogP contribution in [-0.4, -0.2) is 30.0 Å². The standard InChI is InChI=1S/C21H23N5O/c1-15(16-7-5-4-6-8-16)23-21-22-14-13-19(25-21)20(27)24-17-9-11-18(12-10-17)26(2)3/h4-15H,1-3H3,(H,24,27)(H,22,23,25). The van der Waals surface area contributed by atoms with Crippen molar-refractivity contribution in [3.63, 3.8) is 0 Å². The molecule has 27 heavy (non-hydrogen) atoms. The number of amides is 1. The van der Waals surface area contributed by atoms with E-state index in [0.29, 0.717) is 11.6 Å². The van der Waals surface area contributed by atoms with Crippen LogP contribution < -0.4 is 15.5 Å². The molecule has 3 aromatic rings. The average Bonchev–Trinajstić information content (AvgIpc) is 2.69. The summed E-state index contributed by atoms with van der Waals surface area (Å²) in [5.74, 6) is 0.146. The molecule has 0 saturated carbocycles. The summed E-state index contributed by atoms with van der Waals surface area (Å²) in [5.41, 5.74) is 3.22. The molecule has 0 aliphatic carbocycles. The predicted molar refractivity (Wildman–Crippen MR) is 109 cm³/mol. The Kier molecular flexibility index (Phi) is 5.66. The zero-order chi connectivity index (χ0) is 19.2. The highest BCUT2D eigenvalue weighted by Crippen LogP contribution is 2.18. The van der Waals surface area contributed by atoms with Gasteiger partial charge in [0, 0.05) is 31.7 Å². The van der Waals surface area contributed by atoms with E-state index >= 15 is 0 Å². The van der Waals surface area contributed by atoms with Gasteiger partial charge in [-0.1, -0.05) is 30.3 Å². The number of hydrogen-bond donors (Lipinski definition) is 2. The van der Waals surface area contributed by atoms with E-state index in [1.165, 1.54) is 0 Å². The van der Waals surface area contributed by atoms with Crippen LogP contribution in [0.5, 0.6) is 0 Å². The Labute approximate surface area is 159 Å². The van der Waals surface area contributed by atoms with Crippen LogP contribution in [0.15, 0.2) is 66.9 Å². The Morgan fingerprint density at radius 2 is 1.70 bits per heavy atom. The summed E-state index contributed by atoms with van der Waals surface area (Å²) < 4.78 is 0. The maximum Gasteiger partial charge on any atom is 0.274 e. The van der Waals surface area contributed by atoms with Gasteiger partial charge in [-0.05, 0) is 42.8 Å². The van der Waals surface area contributed by atoms with Crippen molar-refractivity contribution >= 4 is 23.2 Å². The van der Waals surface area contributed by atoms with Crippen LogP contribution >= 0.6 is 0 Å². The zero-order valence-electron chi connectivity index (χ0n) is 15.7. The molecule has 3 rings (SSSR count). The van der Waals surface area contributed by atoms with Crippen molar-refractivity contribution in [3.05, 3.63) is 78.1 Å². The smallest absolute Gasteiger partial charge is 0.274 e. The van der Waals surface area contributed by atoms with Crippen molar-refractivity contribution in [2.24, 2.45) is 0 Å². The molecule has 0 aliphatic rings. The van der Waals surface area contributed by atoms with Crippen LogP contribution in [0.4, 0.5) is 17.3 Å². The molecule has 0 fully saturated rings. The maximum absolute atomic E-state index is 12.5. The first-order valence-electron chi connectivity index (χ1n) is 8.76. The van der Waals surface area contributed by atoms with Gasteiger partial charge < -0.3 is 15.5 Å². The average molecular weight is 361 g/mol. The van der Waals surface area contributed by atoms with Crippen LogP contribution in [0.3, 0.4) is 0 Å². The van der Waals surface area contributed by atoms with E-state index < -0.39 is 0 Å². The Bertz CT molecular complexity index is 894. The number of rotatable bonds is 6. The van der Waals surface area contributed by atoms with Crippen LogP contribution in [0.1, 0.15) is 29.0 Å². The van der Waals surface area contributed by atoms with E-state index in [2.05, 4.69) is 20.6 Å². The first-order valence-corrected chi connectivity index (χ1v) is 8.76. The zero-order valence-corrected chi connectivity index (χ0v) is 15.7. The lowest BCUT2D eigenvalue weighted by atomic mass is 10.1. The monoisotopic (exact) mass is 361 g/mol. The predicted octanol–water partition coefficient (Wildman–Crippen LogP) is 3.97. The molecule has 1 amide bonds. The van der Waals surface area contributed by atoms with Gasteiger partial charge in [-0.25, -0.2) is 9.97 Å². The highest BCUT2D eigenvalue weighted by molar-refractivity contribution is 6.03. The largest absolute Gasteiger partial charge is 0.378 e. The van der Waals surface area contributed by atoms with Gasteiger partial charge in [0.15, 0.2) is 0 Å². The molecule has 6 heteroatoms. The summed E-state index contributed by atoms with van der Waals surface area (Å²) in [6.45, 7) is 2.03. The number of hydrogen-bond acceptors (Lipinski definition) is 5. The number of nitrogens with one attached hydrogen (secondary N) is 2. The Morgan fingerprint density at radius 1 is 1.00 bits per heavy atom. The van der Waals surface area contributed by atoms with E-state index in [1.807, 2.05) is 80.5 Å². The molecule has 1 aromatic heterocycles. The van der Waals surface area contributed by atoms with Crippen molar-refractivity contribution in [2.45, 2.75) is 13.0 Å². The first-order chi connectivity index (χ1) is 13.0. The molecule has 0 bridgehead atoms. The first kappa shape index (κ1) is 18.4. The third kappa shape index (κ3) is 4.82. The van der Waals surface area contributed by atoms with Gasteiger partial charge in [-0.15, -0.1) is 0 Å². The summed E-state index contributed by atoms with van der Waals surface area (Å²) in [7, 11) is 3.94. The molecule has 0 saturated heterocycles. The summed E-state index contributed by atoms with van der Waals surface area (Å²) in [4.78, 5) is 23.1. The topological polar surface area (TPSA) is 70.2 Å². The normalized spacial score (nSPS) is 11.5. The molecule has 138 valence electrons. The van der Waals surface area contributed by atoms with Crippen LogP contribution in [0.25, 0.3) is 0 Å². The fraction of sp³-hybridized carbons (Fsp3) is 0.190. The molecule has 2 aromatic carbocycles. The quantitative estimate of drug-likeness (QED) is 0.695. The van der Waals surface area contributed by atoms with Gasteiger partial charge in [-0.2, -0.15) is 0 Å². The minimum atomic E-state index is -0.273. The molecule has 0 aliphatic heterocycles. The Hall–Kier alpha value is -3.41. The lowest BCUT2D eigenvalue weighted by Gasteiger charge is -2.15. The molecule has 1 heterocycles. The van der Waals surface area contributed by atoms with E-state index in [9.17, 15) is 4.79 Å². The number of aromatic nitrogens is 2. The SMILES string of the molecule is CC(Nc1nccc(C(=O)Nc2ccc(N(C)C)cc2)n1)c1ccccc1. The van der Waals surface area contributed by atoms with E-state index in [4.69, 9.17) is 0 Å². The molecular formula is C21H23N5O. The minimum absolute atomic E-state index is 0.0306. The van der Waals surface area contributed by atoms with Crippen molar-refractivity contribution in [2.75, 3.05) is 29.6 Å². The van der Waals surface area contributed by atoms with Crippen LogP contribution in [0, 0.1) is 0 Å². The molecule has 6 nitrogen and oxygen atoms in total. The van der Waals surface area contributed by atoms with Gasteiger partial charge in [0.05, 0.1) is 6.04 Å². The maximum atomic E-state index is 12.5. The number of anilines is 3. The lowest BCUT2D eigenvalue weighted by molar-refractivity contribution is 0.102. The van der Waals surface area contributed by atoms with Crippen molar-refractivity contribution < 1.29 is 4.79 Å². The number of nitrogens with zero attached hydrogens (tertiary/aromatic N) is 3. The number of benzene rings is 2. The van der Waals surface area contributed by atoms with Gasteiger partial charge >= 0.3 is 0 Å². The van der Waals surface area contributed by atoms with Gasteiger partial charge in [0.25, 0.3) is 5.91 Å². The van der Waals surface area contributed by atoms with Gasteiger partial charge in [0.1, 0.15) is 5.69 Å². The van der Waals surface area contributed by atoms with Gasteiger partial charge in [-0.3, -0.25) is 4.79 Å². The summed E-state index contributed by atoms with van der Waals surface area (Å²) in [5, 5.41) is 6.09. The molecule has 0 radical (unpaired) electrons. The van der Waals surface area contributed by atoms with Gasteiger partial charge in [0.2, 0.25) is 5.95 Å². The van der Waals surface area contributed by atoms with Crippen LogP contribution in [-0.2, 0) is 0 Å². The minimum Gasteiger partial charge on any atom is -0.378 e. The van der Waals surface area contributed by atoms with E-state index in [0.717, 1.165) is 16.9 Å². The molecule has 1 unspecified atom stereocenters. The second kappa shape index (κ2) is 8.31. The van der Waals surface area contributed by atoms with Crippen molar-refractivity contribution in [1.29, 1.82) is 0 Å². The Morgan fingerprint density at radius 3 is 2.37 bits per heavy atom. The second-order valence-electron chi connectivity index (χ2n) is 6.44. The van der Waals surface area contributed by atoms with E-state index in [1.54, 1.807) is 12.3 Å². The number of carbonyl (C=O) groups excluding carboxylic acids is 1. The third-order valence-electron chi connectivity index (χ3n) is 4.17. The van der Waals surface area contributed by atoms with Crippen molar-refractivity contribution in [3.8, 4) is 0 Å². The molecular weight excluding hydrogens is 338 g/mol. The fourth-order valence-corrected chi connectivity index (χ4v) is 2.61. The van der Waals surface area contributed by atoms with E-state index in [-0.39, 0.29) is 11.9 Å². The number of carbonyl (C=O) groups is 1. The lowest BCUT2D eigenvalue weighted by Crippen LogP contribution is -2.16. The van der Waals surface area contributed by atoms with Crippen LogP contribution in [0.2, 0.25) is 0 Å².